The number of halogens is 2. The number of amides is 1. The Balaban J connectivity index is 1.98. The van der Waals surface area contributed by atoms with Crippen LogP contribution in [0.1, 0.15) is 21.8 Å². The van der Waals surface area contributed by atoms with Gasteiger partial charge in [0.2, 0.25) is 5.13 Å². The first-order valence-corrected chi connectivity index (χ1v) is 7.37. The highest BCUT2D eigenvalue weighted by molar-refractivity contribution is 7.15. The molecule has 0 radical (unpaired) electrons. The summed E-state index contributed by atoms with van der Waals surface area (Å²) < 4.78 is 0. The third kappa shape index (κ3) is 4.16. The number of hydrogen-bond acceptors (Lipinski definition) is 4. The largest absolute Gasteiger partial charge is 0.296 e. The van der Waals surface area contributed by atoms with Crippen LogP contribution in [0.15, 0.2) is 24.3 Å². The summed E-state index contributed by atoms with van der Waals surface area (Å²) in [4.78, 5) is 11.9. The molecule has 0 aliphatic rings. The van der Waals surface area contributed by atoms with Gasteiger partial charge in [0.05, 0.1) is 0 Å². The number of benzene rings is 1. The lowest BCUT2D eigenvalue weighted by Crippen LogP contribution is -2.11. The van der Waals surface area contributed by atoms with Crippen molar-refractivity contribution in [2.45, 2.75) is 12.8 Å². The third-order valence-electron chi connectivity index (χ3n) is 2.32. The number of alkyl halides is 1. The molecule has 7 heteroatoms. The molecule has 0 spiro atoms. The molecule has 0 aliphatic carbocycles. The number of nitrogens with zero attached hydrogens (tertiary/aromatic N) is 2. The first-order chi connectivity index (χ1) is 9.19. The first kappa shape index (κ1) is 14.2. The van der Waals surface area contributed by atoms with E-state index in [-0.39, 0.29) is 5.91 Å². The SMILES string of the molecule is O=C(Nc1nnc(CCCCl)s1)c1ccc(Cl)cc1. The van der Waals surface area contributed by atoms with Crippen molar-refractivity contribution in [1.82, 2.24) is 10.2 Å². The van der Waals surface area contributed by atoms with Crippen LogP contribution >= 0.6 is 34.5 Å². The van der Waals surface area contributed by atoms with Crippen LogP contribution in [0, 0.1) is 0 Å². The summed E-state index contributed by atoms with van der Waals surface area (Å²) in [5.41, 5.74) is 0.530. The van der Waals surface area contributed by atoms with Crippen LogP contribution in [0.25, 0.3) is 0 Å². The Bertz CT molecular complexity index is 556. The number of carbonyl (C=O) groups excluding carboxylic acids is 1. The quantitative estimate of drug-likeness (QED) is 0.857. The number of nitrogens with one attached hydrogen (secondary N) is 1. The molecular formula is C12H11Cl2N3OS. The molecule has 2 rings (SSSR count). The molecule has 100 valence electrons. The molecule has 1 amide bonds. The van der Waals surface area contributed by atoms with Crippen molar-refractivity contribution in [3.05, 3.63) is 39.9 Å². The van der Waals surface area contributed by atoms with E-state index in [0.29, 0.717) is 21.6 Å². The number of hydrogen-bond donors (Lipinski definition) is 1. The molecule has 0 unspecified atom stereocenters. The Hall–Kier alpha value is -1.17. The van der Waals surface area contributed by atoms with E-state index < -0.39 is 0 Å². The van der Waals surface area contributed by atoms with Gasteiger partial charge in [0.1, 0.15) is 5.01 Å². The fraction of sp³-hybridized carbons (Fsp3) is 0.250. The van der Waals surface area contributed by atoms with E-state index in [4.69, 9.17) is 23.2 Å². The lowest BCUT2D eigenvalue weighted by molar-refractivity contribution is 0.102. The third-order valence-corrected chi connectivity index (χ3v) is 3.74. The van der Waals surface area contributed by atoms with E-state index in [1.807, 2.05) is 0 Å². The highest BCUT2D eigenvalue weighted by atomic mass is 35.5. The van der Waals surface area contributed by atoms with Gasteiger partial charge in [-0.2, -0.15) is 0 Å². The molecule has 1 N–H and O–H groups in total. The average molecular weight is 316 g/mol. The first-order valence-electron chi connectivity index (χ1n) is 5.64. The predicted molar refractivity (Wildman–Crippen MR) is 78.4 cm³/mol. The maximum absolute atomic E-state index is 11.9. The van der Waals surface area contributed by atoms with Crippen molar-refractivity contribution in [2.75, 3.05) is 11.2 Å². The second-order valence-electron chi connectivity index (χ2n) is 3.75. The van der Waals surface area contributed by atoms with Crippen LogP contribution in [0.2, 0.25) is 5.02 Å². The van der Waals surface area contributed by atoms with Gasteiger partial charge in [0, 0.05) is 22.9 Å². The zero-order chi connectivity index (χ0) is 13.7. The summed E-state index contributed by atoms with van der Waals surface area (Å²) in [6, 6.07) is 6.66. The second-order valence-corrected chi connectivity index (χ2v) is 5.63. The fourth-order valence-electron chi connectivity index (χ4n) is 1.39. The standard InChI is InChI=1S/C12H11Cl2N3OS/c13-7-1-2-10-16-17-12(19-10)15-11(18)8-3-5-9(14)6-4-8/h3-6H,1-2,7H2,(H,15,17,18). The van der Waals surface area contributed by atoms with Gasteiger partial charge in [-0.25, -0.2) is 0 Å². The predicted octanol–water partition coefficient (Wildman–Crippen LogP) is 3.62. The van der Waals surface area contributed by atoms with Gasteiger partial charge in [-0.3, -0.25) is 10.1 Å². The Morgan fingerprint density at radius 3 is 2.68 bits per heavy atom. The summed E-state index contributed by atoms with van der Waals surface area (Å²) in [5.74, 6) is 0.364. The number of aryl methyl sites for hydroxylation is 1. The molecule has 0 saturated heterocycles. The summed E-state index contributed by atoms with van der Waals surface area (Å²) in [5, 5.41) is 12.6. The summed E-state index contributed by atoms with van der Waals surface area (Å²) in [7, 11) is 0. The molecule has 0 bridgehead atoms. The molecule has 0 saturated carbocycles. The smallest absolute Gasteiger partial charge is 0.257 e. The van der Waals surface area contributed by atoms with Crippen LogP contribution in [0.3, 0.4) is 0 Å². The van der Waals surface area contributed by atoms with Crippen molar-refractivity contribution < 1.29 is 4.79 Å². The Kier molecular flexibility index (Phi) is 5.13. The van der Waals surface area contributed by atoms with Gasteiger partial charge in [-0.15, -0.1) is 21.8 Å². The maximum Gasteiger partial charge on any atom is 0.257 e. The van der Waals surface area contributed by atoms with E-state index >= 15 is 0 Å². The molecule has 1 aromatic carbocycles. The van der Waals surface area contributed by atoms with E-state index in [1.54, 1.807) is 24.3 Å². The van der Waals surface area contributed by atoms with Crippen molar-refractivity contribution in [1.29, 1.82) is 0 Å². The van der Waals surface area contributed by atoms with Gasteiger partial charge in [-0.1, -0.05) is 22.9 Å². The van der Waals surface area contributed by atoms with Crippen LogP contribution in [-0.2, 0) is 6.42 Å². The lowest BCUT2D eigenvalue weighted by Gasteiger charge is -2.00. The van der Waals surface area contributed by atoms with Crippen LogP contribution < -0.4 is 5.32 Å². The van der Waals surface area contributed by atoms with Crippen molar-refractivity contribution in [3.63, 3.8) is 0 Å². The van der Waals surface area contributed by atoms with Gasteiger partial charge in [0.15, 0.2) is 0 Å². The minimum atomic E-state index is -0.225. The lowest BCUT2D eigenvalue weighted by atomic mass is 10.2. The highest BCUT2D eigenvalue weighted by Crippen LogP contribution is 2.18. The number of anilines is 1. The van der Waals surface area contributed by atoms with Crippen LogP contribution in [-0.4, -0.2) is 22.0 Å². The zero-order valence-electron chi connectivity index (χ0n) is 9.90. The molecule has 4 nitrogen and oxygen atoms in total. The van der Waals surface area contributed by atoms with E-state index in [9.17, 15) is 4.79 Å². The highest BCUT2D eigenvalue weighted by Gasteiger charge is 2.09. The van der Waals surface area contributed by atoms with Gasteiger partial charge < -0.3 is 0 Å². The molecule has 0 aliphatic heterocycles. The van der Waals surface area contributed by atoms with Crippen molar-refractivity contribution >= 4 is 45.6 Å². The summed E-state index contributed by atoms with van der Waals surface area (Å²) in [6.07, 6.45) is 1.62. The molecule has 0 fully saturated rings. The minimum Gasteiger partial charge on any atom is -0.296 e. The van der Waals surface area contributed by atoms with Crippen LogP contribution in [0.4, 0.5) is 5.13 Å². The van der Waals surface area contributed by atoms with E-state index in [1.165, 1.54) is 11.3 Å². The monoisotopic (exact) mass is 315 g/mol. The van der Waals surface area contributed by atoms with Crippen molar-refractivity contribution in [2.24, 2.45) is 0 Å². The Morgan fingerprint density at radius 2 is 2.00 bits per heavy atom. The number of rotatable bonds is 5. The molecule has 19 heavy (non-hydrogen) atoms. The number of aromatic nitrogens is 2. The number of carbonyl (C=O) groups is 1. The molecular weight excluding hydrogens is 305 g/mol. The fourth-order valence-corrected chi connectivity index (χ4v) is 2.43. The summed E-state index contributed by atoms with van der Waals surface area (Å²) >= 11 is 12.7. The maximum atomic E-state index is 11.9. The van der Waals surface area contributed by atoms with Gasteiger partial charge >= 0.3 is 0 Å². The Morgan fingerprint density at radius 1 is 1.26 bits per heavy atom. The minimum absolute atomic E-state index is 0.225. The zero-order valence-corrected chi connectivity index (χ0v) is 12.2. The molecule has 0 atom stereocenters. The van der Waals surface area contributed by atoms with E-state index in [0.717, 1.165) is 17.8 Å². The topological polar surface area (TPSA) is 54.9 Å². The normalized spacial score (nSPS) is 10.4. The second kappa shape index (κ2) is 6.84. The molecule has 2 aromatic rings. The van der Waals surface area contributed by atoms with Gasteiger partial charge in [-0.05, 0) is 30.7 Å². The van der Waals surface area contributed by atoms with Crippen LogP contribution in [0.5, 0.6) is 0 Å². The van der Waals surface area contributed by atoms with Gasteiger partial charge in [0.25, 0.3) is 5.91 Å². The summed E-state index contributed by atoms with van der Waals surface area (Å²) in [6.45, 7) is 0. The molecule has 1 heterocycles. The average Bonchev–Trinajstić information content (AvgIpc) is 2.84. The molecule has 1 aromatic heterocycles. The Labute approximate surface area is 124 Å². The van der Waals surface area contributed by atoms with E-state index in [2.05, 4.69) is 15.5 Å². The van der Waals surface area contributed by atoms with Crippen molar-refractivity contribution in [3.8, 4) is 0 Å².